The SMILES string of the molecule is CC[C@](NC(=O)c1sc(C)nc1C)(C(N)=O)C(C)C. The van der Waals surface area contributed by atoms with Gasteiger partial charge in [-0.3, -0.25) is 9.59 Å². The summed E-state index contributed by atoms with van der Waals surface area (Å²) < 4.78 is 0. The molecule has 6 heteroatoms. The van der Waals surface area contributed by atoms with E-state index in [0.717, 1.165) is 5.01 Å². The fourth-order valence-corrected chi connectivity index (χ4v) is 2.98. The van der Waals surface area contributed by atoms with Crippen LogP contribution < -0.4 is 11.1 Å². The Kier molecular flexibility index (Phi) is 4.68. The minimum atomic E-state index is -1.01. The Morgan fingerprint density at radius 1 is 1.42 bits per heavy atom. The van der Waals surface area contributed by atoms with Gasteiger partial charge in [0.15, 0.2) is 0 Å². The number of aromatic nitrogens is 1. The number of amides is 2. The average Bonchev–Trinajstić information content (AvgIpc) is 2.64. The summed E-state index contributed by atoms with van der Waals surface area (Å²) in [5.41, 5.74) is 5.15. The second-order valence-corrected chi connectivity index (χ2v) is 6.15. The van der Waals surface area contributed by atoms with Crippen molar-refractivity contribution in [2.45, 2.75) is 46.6 Å². The number of nitrogens with zero attached hydrogens (tertiary/aromatic N) is 1. The van der Waals surface area contributed by atoms with E-state index in [1.54, 1.807) is 6.92 Å². The summed E-state index contributed by atoms with van der Waals surface area (Å²) in [6, 6.07) is 0. The molecule has 1 atom stereocenters. The minimum absolute atomic E-state index is 0.0757. The molecule has 5 nitrogen and oxygen atoms in total. The minimum Gasteiger partial charge on any atom is -0.368 e. The van der Waals surface area contributed by atoms with Gasteiger partial charge in [0.2, 0.25) is 5.91 Å². The van der Waals surface area contributed by atoms with Crippen molar-refractivity contribution in [3.63, 3.8) is 0 Å². The molecular weight excluding hydrogens is 262 g/mol. The molecule has 1 rings (SSSR count). The number of nitrogens with two attached hydrogens (primary N) is 1. The topological polar surface area (TPSA) is 85.1 Å². The molecule has 0 saturated heterocycles. The number of thiazole rings is 1. The Labute approximate surface area is 117 Å². The Bertz CT molecular complexity index is 496. The molecule has 0 aliphatic rings. The van der Waals surface area contributed by atoms with Crippen LogP contribution in [0.3, 0.4) is 0 Å². The number of nitrogens with one attached hydrogen (secondary N) is 1. The third kappa shape index (κ3) is 2.94. The highest BCUT2D eigenvalue weighted by atomic mass is 32.1. The van der Waals surface area contributed by atoms with Crippen LogP contribution in [0.5, 0.6) is 0 Å². The summed E-state index contributed by atoms with van der Waals surface area (Å²) in [7, 11) is 0. The van der Waals surface area contributed by atoms with E-state index in [1.807, 2.05) is 27.7 Å². The van der Waals surface area contributed by atoms with Crippen molar-refractivity contribution in [1.82, 2.24) is 10.3 Å². The van der Waals surface area contributed by atoms with Gasteiger partial charge >= 0.3 is 0 Å². The molecule has 0 radical (unpaired) electrons. The van der Waals surface area contributed by atoms with Crippen molar-refractivity contribution < 1.29 is 9.59 Å². The first-order valence-corrected chi connectivity index (χ1v) is 7.12. The lowest BCUT2D eigenvalue weighted by atomic mass is 9.83. The summed E-state index contributed by atoms with van der Waals surface area (Å²) in [6.07, 6.45) is 0.461. The molecule has 2 amide bonds. The molecule has 106 valence electrons. The lowest BCUT2D eigenvalue weighted by Crippen LogP contribution is -2.60. The van der Waals surface area contributed by atoms with Gasteiger partial charge in [0.1, 0.15) is 10.4 Å². The second-order valence-electron chi connectivity index (χ2n) is 4.95. The van der Waals surface area contributed by atoms with Crippen molar-refractivity contribution >= 4 is 23.2 Å². The standard InChI is InChI=1S/C13H21N3O2S/c1-6-13(7(2)3,12(14)18)16-11(17)10-8(4)15-9(5)19-10/h7H,6H2,1-5H3,(H2,14,18)(H,16,17)/t13-/m1/s1. The van der Waals surface area contributed by atoms with E-state index in [4.69, 9.17) is 5.73 Å². The second kappa shape index (κ2) is 5.69. The predicted molar refractivity (Wildman–Crippen MR) is 76.1 cm³/mol. The Morgan fingerprint density at radius 2 is 2.00 bits per heavy atom. The lowest BCUT2D eigenvalue weighted by Gasteiger charge is -2.34. The maximum absolute atomic E-state index is 12.3. The van der Waals surface area contributed by atoms with E-state index >= 15 is 0 Å². The summed E-state index contributed by atoms with van der Waals surface area (Å²) >= 11 is 1.32. The number of primary amides is 1. The fourth-order valence-electron chi connectivity index (χ4n) is 2.16. The molecule has 1 aromatic heterocycles. The number of hydrogen-bond donors (Lipinski definition) is 2. The number of rotatable bonds is 5. The molecule has 19 heavy (non-hydrogen) atoms. The number of carbonyl (C=O) groups excluding carboxylic acids is 2. The molecule has 0 fully saturated rings. The molecule has 1 aromatic rings. The van der Waals surface area contributed by atoms with Gasteiger partial charge in [0, 0.05) is 0 Å². The number of carbonyl (C=O) groups is 2. The zero-order chi connectivity index (χ0) is 14.8. The van der Waals surface area contributed by atoms with E-state index in [2.05, 4.69) is 10.3 Å². The first kappa shape index (κ1) is 15.6. The lowest BCUT2D eigenvalue weighted by molar-refractivity contribution is -0.126. The third-order valence-corrected chi connectivity index (χ3v) is 4.50. The highest BCUT2D eigenvalue weighted by molar-refractivity contribution is 7.13. The molecule has 0 aliphatic carbocycles. The van der Waals surface area contributed by atoms with Gasteiger partial charge in [-0.25, -0.2) is 4.98 Å². The smallest absolute Gasteiger partial charge is 0.264 e. The van der Waals surface area contributed by atoms with Gasteiger partial charge in [0.05, 0.1) is 10.7 Å². The molecule has 1 heterocycles. The van der Waals surface area contributed by atoms with Crippen LogP contribution in [-0.2, 0) is 4.79 Å². The van der Waals surface area contributed by atoms with Gasteiger partial charge in [-0.15, -0.1) is 11.3 Å². The van der Waals surface area contributed by atoms with Crippen molar-refractivity contribution in [2.24, 2.45) is 11.7 Å². The van der Waals surface area contributed by atoms with Crippen LogP contribution >= 0.6 is 11.3 Å². The highest BCUT2D eigenvalue weighted by Crippen LogP contribution is 2.24. The van der Waals surface area contributed by atoms with Crippen LogP contribution in [0.15, 0.2) is 0 Å². The zero-order valence-corrected chi connectivity index (χ0v) is 12.9. The van der Waals surface area contributed by atoms with E-state index in [0.29, 0.717) is 17.0 Å². The van der Waals surface area contributed by atoms with Gasteiger partial charge in [-0.05, 0) is 26.2 Å². The predicted octanol–water partition coefficient (Wildman–Crippen LogP) is 1.78. The van der Waals surface area contributed by atoms with E-state index < -0.39 is 11.4 Å². The molecule has 0 saturated carbocycles. The Morgan fingerprint density at radius 3 is 2.32 bits per heavy atom. The first-order chi connectivity index (χ1) is 8.74. The maximum Gasteiger partial charge on any atom is 0.264 e. The van der Waals surface area contributed by atoms with Crippen molar-refractivity contribution in [3.05, 3.63) is 15.6 Å². The third-order valence-electron chi connectivity index (χ3n) is 3.43. The van der Waals surface area contributed by atoms with E-state index in [-0.39, 0.29) is 11.8 Å². The van der Waals surface area contributed by atoms with Gasteiger partial charge in [-0.2, -0.15) is 0 Å². The van der Waals surface area contributed by atoms with Crippen molar-refractivity contribution in [2.75, 3.05) is 0 Å². The van der Waals surface area contributed by atoms with Crippen LogP contribution in [0, 0.1) is 19.8 Å². The zero-order valence-electron chi connectivity index (χ0n) is 12.0. The molecular formula is C13H21N3O2S. The van der Waals surface area contributed by atoms with Crippen LogP contribution in [0.4, 0.5) is 0 Å². The van der Waals surface area contributed by atoms with Crippen LogP contribution in [0.1, 0.15) is 47.6 Å². The molecule has 0 aromatic carbocycles. The summed E-state index contributed by atoms with van der Waals surface area (Å²) in [6.45, 7) is 9.22. The summed E-state index contributed by atoms with van der Waals surface area (Å²) in [4.78, 5) is 28.8. The first-order valence-electron chi connectivity index (χ1n) is 6.31. The number of aryl methyl sites for hydroxylation is 2. The van der Waals surface area contributed by atoms with Crippen molar-refractivity contribution in [1.29, 1.82) is 0 Å². The van der Waals surface area contributed by atoms with Gasteiger partial charge in [0.25, 0.3) is 5.91 Å². The Hall–Kier alpha value is -1.43. The van der Waals surface area contributed by atoms with E-state index in [1.165, 1.54) is 11.3 Å². The van der Waals surface area contributed by atoms with Crippen molar-refractivity contribution in [3.8, 4) is 0 Å². The van der Waals surface area contributed by atoms with Crippen LogP contribution in [0.2, 0.25) is 0 Å². The average molecular weight is 283 g/mol. The van der Waals surface area contributed by atoms with Gasteiger partial charge in [-0.1, -0.05) is 20.8 Å². The highest BCUT2D eigenvalue weighted by Gasteiger charge is 2.40. The summed E-state index contributed by atoms with van der Waals surface area (Å²) in [5, 5.41) is 3.63. The quantitative estimate of drug-likeness (QED) is 0.863. The monoisotopic (exact) mass is 283 g/mol. The van der Waals surface area contributed by atoms with Gasteiger partial charge < -0.3 is 11.1 Å². The molecule has 3 N–H and O–H groups in total. The van der Waals surface area contributed by atoms with Crippen LogP contribution in [0.25, 0.3) is 0 Å². The Balaban J connectivity index is 3.07. The number of hydrogen-bond acceptors (Lipinski definition) is 4. The largest absolute Gasteiger partial charge is 0.368 e. The maximum atomic E-state index is 12.3. The molecule has 0 spiro atoms. The summed E-state index contributed by atoms with van der Waals surface area (Å²) in [5.74, 6) is -0.858. The molecule has 0 unspecified atom stereocenters. The fraction of sp³-hybridized carbons (Fsp3) is 0.615. The normalized spacial score (nSPS) is 14.2. The molecule has 0 aliphatic heterocycles. The van der Waals surface area contributed by atoms with E-state index in [9.17, 15) is 9.59 Å². The molecule has 0 bridgehead atoms. The van der Waals surface area contributed by atoms with Crippen LogP contribution in [-0.4, -0.2) is 22.3 Å².